The lowest BCUT2D eigenvalue weighted by molar-refractivity contribution is -0.166. The molecule has 3 fully saturated rings. The number of carbonyl (C=O) groups is 2. The third-order valence-electron chi connectivity index (χ3n) is 4.59. The summed E-state index contributed by atoms with van der Waals surface area (Å²) in [4.78, 5) is 27.2. The molecule has 0 aromatic heterocycles. The number of nitrogens with zero attached hydrogens (tertiary/aromatic N) is 2. The zero-order valence-corrected chi connectivity index (χ0v) is 10.8. The van der Waals surface area contributed by atoms with Crippen molar-refractivity contribution in [3.8, 4) is 0 Å². The number of carbonyl (C=O) groups excluding carboxylic acids is 2. The molecule has 5 nitrogen and oxygen atoms in total. The van der Waals surface area contributed by atoms with E-state index in [0.29, 0.717) is 32.0 Å². The molecule has 3 aliphatic rings. The van der Waals surface area contributed by atoms with E-state index in [1.165, 1.54) is 0 Å². The summed E-state index contributed by atoms with van der Waals surface area (Å²) in [6.45, 7) is 1.60. The Labute approximate surface area is 107 Å². The van der Waals surface area contributed by atoms with Gasteiger partial charge in [0.1, 0.15) is 5.60 Å². The van der Waals surface area contributed by atoms with Crippen LogP contribution in [-0.2, 0) is 9.59 Å². The Kier molecular flexibility index (Phi) is 2.62. The van der Waals surface area contributed by atoms with E-state index in [1.807, 2.05) is 0 Å². The van der Waals surface area contributed by atoms with Gasteiger partial charge >= 0.3 is 0 Å². The minimum absolute atomic E-state index is 0.0533. The Balaban J connectivity index is 1.55. The quantitative estimate of drug-likeness (QED) is 0.743. The maximum absolute atomic E-state index is 12.2. The van der Waals surface area contributed by atoms with E-state index < -0.39 is 5.60 Å². The Morgan fingerprint density at radius 2 is 2.00 bits per heavy atom. The first-order valence-corrected chi connectivity index (χ1v) is 6.75. The van der Waals surface area contributed by atoms with Gasteiger partial charge in [0.05, 0.1) is 13.1 Å². The summed E-state index contributed by atoms with van der Waals surface area (Å²) in [7, 11) is 1.78. The predicted octanol–water partition coefficient (Wildman–Crippen LogP) is -0.162. The fourth-order valence-corrected chi connectivity index (χ4v) is 3.06. The molecule has 1 saturated carbocycles. The number of aliphatic hydroxyl groups is 1. The van der Waals surface area contributed by atoms with Crippen LogP contribution in [0.1, 0.15) is 25.7 Å². The fraction of sp³-hybridized carbons (Fsp3) is 0.846. The van der Waals surface area contributed by atoms with Crippen molar-refractivity contribution in [2.75, 3.05) is 26.7 Å². The van der Waals surface area contributed by atoms with Crippen molar-refractivity contribution in [1.29, 1.82) is 0 Å². The van der Waals surface area contributed by atoms with Crippen molar-refractivity contribution in [2.45, 2.75) is 31.3 Å². The van der Waals surface area contributed by atoms with Crippen molar-refractivity contribution in [3.63, 3.8) is 0 Å². The number of hydrogen-bond acceptors (Lipinski definition) is 3. The Morgan fingerprint density at radius 1 is 1.33 bits per heavy atom. The molecule has 1 atom stereocenters. The maximum atomic E-state index is 12.2. The Bertz CT molecular complexity index is 386. The van der Waals surface area contributed by atoms with Crippen molar-refractivity contribution in [1.82, 2.24) is 9.80 Å². The van der Waals surface area contributed by atoms with Gasteiger partial charge in [0, 0.05) is 25.9 Å². The summed E-state index contributed by atoms with van der Waals surface area (Å²) in [5.74, 6) is 0.345. The Morgan fingerprint density at radius 3 is 2.56 bits per heavy atom. The molecule has 2 amide bonds. The zero-order chi connectivity index (χ0) is 12.9. The van der Waals surface area contributed by atoms with E-state index in [1.54, 1.807) is 16.8 Å². The third kappa shape index (κ3) is 1.90. The van der Waals surface area contributed by atoms with Crippen molar-refractivity contribution < 1.29 is 14.7 Å². The summed E-state index contributed by atoms with van der Waals surface area (Å²) in [6.07, 6.45) is 3.25. The van der Waals surface area contributed by atoms with Gasteiger partial charge in [-0.1, -0.05) is 0 Å². The molecule has 0 spiro atoms. The van der Waals surface area contributed by atoms with E-state index in [4.69, 9.17) is 0 Å². The van der Waals surface area contributed by atoms with Crippen molar-refractivity contribution >= 4 is 11.8 Å². The van der Waals surface area contributed by atoms with Crippen molar-refractivity contribution in [3.05, 3.63) is 0 Å². The molecule has 0 aromatic carbocycles. The number of likely N-dealkylation sites (tertiary alicyclic amines) is 2. The molecule has 2 heterocycles. The zero-order valence-electron chi connectivity index (χ0n) is 10.8. The molecule has 2 saturated heterocycles. The summed E-state index contributed by atoms with van der Waals surface area (Å²) >= 11 is 0. The molecule has 18 heavy (non-hydrogen) atoms. The van der Waals surface area contributed by atoms with Gasteiger partial charge < -0.3 is 14.9 Å². The number of hydrogen-bond donors (Lipinski definition) is 1. The molecule has 5 heteroatoms. The van der Waals surface area contributed by atoms with Crippen LogP contribution < -0.4 is 0 Å². The second kappa shape index (κ2) is 3.95. The average Bonchev–Trinajstić information content (AvgIpc) is 3.12. The minimum atomic E-state index is -0.620. The Hall–Kier alpha value is -1.10. The molecule has 3 rings (SSSR count). The van der Waals surface area contributed by atoms with E-state index >= 15 is 0 Å². The van der Waals surface area contributed by atoms with Crippen LogP contribution in [0.5, 0.6) is 0 Å². The van der Waals surface area contributed by atoms with Crippen LogP contribution in [0.3, 0.4) is 0 Å². The monoisotopic (exact) mass is 252 g/mol. The highest BCUT2D eigenvalue weighted by Gasteiger charge is 2.54. The van der Waals surface area contributed by atoms with Gasteiger partial charge in [-0.25, -0.2) is 0 Å². The number of amides is 2. The topological polar surface area (TPSA) is 60.9 Å². The molecular weight excluding hydrogens is 232 g/mol. The molecule has 1 N–H and O–H groups in total. The van der Waals surface area contributed by atoms with Gasteiger partial charge in [0.25, 0.3) is 0 Å². The molecule has 2 aliphatic heterocycles. The minimum Gasteiger partial charge on any atom is -0.386 e. The average molecular weight is 252 g/mol. The van der Waals surface area contributed by atoms with Crippen LogP contribution >= 0.6 is 0 Å². The first-order chi connectivity index (χ1) is 8.49. The summed E-state index contributed by atoms with van der Waals surface area (Å²) in [5.41, 5.74) is -0.620. The highest BCUT2D eigenvalue weighted by Crippen LogP contribution is 2.45. The number of piperidine rings is 1. The van der Waals surface area contributed by atoms with E-state index in [-0.39, 0.29) is 17.7 Å². The summed E-state index contributed by atoms with van der Waals surface area (Å²) < 4.78 is 0. The maximum Gasteiger partial charge on any atom is 0.226 e. The van der Waals surface area contributed by atoms with Gasteiger partial charge in [0.15, 0.2) is 0 Å². The van der Waals surface area contributed by atoms with Crippen LogP contribution in [0, 0.1) is 11.8 Å². The fourth-order valence-electron chi connectivity index (χ4n) is 3.06. The summed E-state index contributed by atoms with van der Waals surface area (Å²) in [5, 5.41) is 10.2. The van der Waals surface area contributed by atoms with Crippen LogP contribution in [-0.4, -0.2) is 59.0 Å². The van der Waals surface area contributed by atoms with Gasteiger partial charge in [0.2, 0.25) is 11.8 Å². The SMILES string of the molecule is CN1CC[C@@H](C(=O)N2CC(O)(C3CC3)C2)CC1=O. The highest BCUT2D eigenvalue weighted by atomic mass is 16.3. The van der Waals surface area contributed by atoms with E-state index in [2.05, 4.69) is 0 Å². The smallest absolute Gasteiger partial charge is 0.226 e. The largest absolute Gasteiger partial charge is 0.386 e. The van der Waals surface area contributed by atoms with Gasteiger partial charge in [-0.3, -0.25) is 9.59 Å². The predicted molar refractivity (Wildman–Crippen MR) is 64.6 cm³/mol. The van der Waals surface area contributed by atoms with Gasteiger partial charge in [-0.2, -0.15) is 0 Å². The van der Waals surface area contributed by atoms with Gasteiger partial charge in [-0.05, 0) is 25.2 Å². The standard InChI is InChI=1S/C13H20N2O3/c1-14-5-4-9(6-11(14)16)12(17)15-7-13(18,8-15)10-2-3-10/h9-10,18H,2-8H2,1H3/t9-/m1/s1. The van der Waals surface area contributed by atoms with Gasteiger partial charge in [-0.15, -0.1) is 0 Å². The molecule has 0 unspecified atom stereocenters. The van der Waals surface area contributed by atoms with Crippen LogP contribution in [0.2, 0.25) is 0 Å². The van der Waals surface area contributed by atoms with Crippen molar-refractivity contribution in [2.24, 2.45) is 11.8 Å². The molecule has 100 valence electrons. The van der Waals surface area contributed by atoms with E-state index in [9.17, 15) is 14.7 Å². The normalized spacial score (nSPS) is 31.2. The van der Waals surface area contributed by atoms with E-state index in [0.717, 1.165) is 19.3 Å². The molecule has 1 aliphatic carbocycles. The second-order valence-electron chi connectivity index (χ2n) is 6.08. The molecule has 0 aromatic rings. The second-order valence-corrected chi connectivity index (χ2v) is 6.08. The molecular formula is C13H20N2O3. The highest BCUT2D eigenvalue weighted by molar-refractivity contribution is 5.87. The lowest BCUT2D eigenvalue weighted by Crippen LogP contribution is -2.66. The first kappa shape index (κ1) is 12.0. The lowest BCUT2D eigenvalue weighted by atomic mass is 9.86. The first-order valence-electron chi connectivity index (χ1n) is 6.75. The lowest BCUT2D eigenvalue weighted by Gasteiger charge is -2.48. The third-order valence-corrected chi connectivity index (χ3v) is 4.59. The molecule has 0 bridgehead atoms. The van der Waals surface area contributed by atoms with Crippen LogP contribution in [0.15, 0.2) is 0 Å². The number of β-amino-alcohol motifs (C(OH)–C–C–N with tert-alkyl or cyclic N) is 1. The number of rotatable bonds is 2. The summed E-state index contributed by atoms with van der Waals surface area (Å²) in [6, 6.07) is 0. The van der Waals surface area contributed by atoms with Crippen LogP contribution in [0.4, 0.5) is 0 Å². The molecule has 0 radical (unpaired) electrons. The van der Waals surface area contributed by atoms with Crippen LogP contribution in [0.25, 0.3) is 0 Å².